The van der Waals surface area contributed by atoms with Crippen molar-refractivity contribution in [3.8, 4) is 5.75 Å². The highest BCUT2D eigenvalue weighted by Crippen LogP contribution is 2.33. The molecule has 0 unspecified atom stereocenters. The molecule has 1 aliphatic heterocycles. The van der Waals surface area contributed by atoms with Gasteiger partial charge in [0.05, 0.1) is 12.6 Å². The molecular weight excluding hydrogens is 362 g/mol. The summed E-state index contributed by atoms with van der Waals surface area (Å²) in [6, 6.07) is 20.0. The summed E-state index contributed by atoms with van der Waals surface area (Å²) in [7, 11) is 0. The minimum absolute atomic E-state index is 0.0828. The molecule has 0 radical (unpaired) electrons. The van der Waals surface area contributed by atoms with E-state index in [1.54, 1.807) is 0 Å². The SMILES string of the molecule is CCOc1ccc([C@H]2c3cccn3CCN2C(=O)Nc2ccc(CC)cc2)cc1. The van der Waals surface area contributed by atoms with E-state index >= 15 is 0 Å². The second-order valence-corrected chi connectivity index (χ2v) is 7.21. The van der Waals surface area contributed by atoms with Crippen LogP contribution in [0, 0.1) is 0 Å². The van der Waals surface area contributed by atoms with Gasteiger partial charge in [0, 0.05) is 30.7 Å². The number of benzene rings is 2. The lowest BCUT2D eigenvalue weighted by molar-refractivity contribution is 0.182. The molecule has 150 valence electrons. The lowest BCUT2D eigenvalue weighted by Gasteiger charge is -2.37. The lowest BCUT2D eigenvalue weighted by atomic mass is 10.00. The van der Waals surface area contributed by atoms with Crippen molar-refractivity contribution in [1.82, 2.24) is 9.47 Å². The first-order valence-electron chi connectivity index (χ1n) is 10.2. The smallest absolute Gasteiger partial charge is 0.322 e. The fourth-order valence-electron chi connectivity index (χ4n) is 3.88. The number of nitrogens with zero attached hydrogens (tertiary/aromatic N) is 2. The molecule has 1 aliphatic rings. The van der Waals surface area contributed by atoms with Crippen molar-refractivity contribution >= 4 is 11.7 Å². The maximum atomic E-state index is 13.2. The van der Waals surface area contributed by atoms with Crippen LogP contribution in [0.4, 0.5) is 10.5 Å². The number of carbonyl (C=O) groups is 1. The molecule has 0 bridgehead atoms. The first-order valence-corrected chi connectivity index (χ1v) is 10.2. The molecule has 0 aliphatic carbocycles. The van der Waals surface area contributed by atoms with Gasteiger partial charge < -0.3 is 19.5 Å². The monoisotopic (exact) mass is 389 g/mol. The number of anilines is 1. The van der Waals surface area contributed by atoms with Crippen LogP contribution >= 0.6 is 0 Å². The zero-order chi connectivity index (χ0) is 20.2. The number of aryl methyl sites for hydroxylation is 1. The molecule has 1 N–H and O–H groups in total. The summed E-state index contributed by atoms with van der Waals surface area (Å²) in [5.74, 6) is 0.842. The van der Waals surface area contributed by atoms with E-state index in [0.717, 1.165) is 35.7 Å². The Balaban J connectivity index is 1.61. The molecule has 2 aromatic carbocycles. The van der Waals surface area contributed by atoms with Crippen LogP contribution in [0.2, 0.25) is 0 Å². The molecular formula is C24H27N3O2. The van der Waals surface area contributed by atoms with Crippen LogP contribution in [-0.4, -0.2) is 28.6 Å². The minimum atomic E-state index is -0.135. The van der Waals surface area contributed by atoms with E-state index in [9.17, 15) is 4.79 Å². The molecule has 5 heteroatoms. The number of fused-ring (bicyclic) bond motifs is 1. The highest BCUT2D eigenvalue weighted by atomic mass is 16.5. The van der Waals surface area contributed by atoms with Crippen LogP contribution in [-0.2, 0) is 13.0 Å². The topological polar surface area (TPSA) is 46.5 Å². The predicted molar refractivity (Wildman–Crippen MR) is 115 cm³/mol. The van der Waals surface area contributed by atoms with Crippen LogP contribution in [0.25, 0.3) is 0 Å². The molecule has 0 saturated carbocycles. The Morgan fingerprint density at radius 3 is 2.48 bits per heavy atom. The molecule has 2 heterocycles. The van der Waals surface area contributed by atoms with Crippen molar-refractivity contribution in [3.05, 3.63) is 83.7 Å². The van der Waals surface area contributed by atoms with Gasteiger partial charge in [-0.05, 0) is 60.9 Å². The summed E-state index contributed by atoms with van der Waals surface area (Å²) < 4.78 is 7.80. The van der Waals surface area contributed by atoms with E-state index in [-0.39, 0.29) is 12.1 Å². The first kappa shape index (κ1) is 19.1. The largest absolute Gasteiger partial charge is 0.494 e. The van der Waals surface area contributed by atoms with Crippen molar-refractivity contribution in [2.24, 2.45) is 0 Å². The number of ether oxygens (including phenoxy) is 1. The van der Waals surface area contributed by atoms with Gasteiger partial charge in [-0.3, -0.25) is 0 Å². The third-order valence-corrected chi connectivity index (χ3v) is 5.42. The van der Waals surface area contributed by atoms with Crippen LogP contribution in [0.1, 0.15) is 36.7 Å². The van der Waals surface area contributed by atoms with E-state index in [2.05, 4.69) is 53.3 Å². The Bertz CT molecular complexity index is 961. The molecule has 0 fully saturated rings. The van der Waals surface area contributed by atoms with Gasteiger partial charge in [0.2, 0.25) is 0 Å². The van der Waals surface area contributed by atoms with Crippen molar-refractivity contribution in [2.45, 2.75) is 32.9 Å². The van der Waals surface area contributed by atoms with Crippen molar-refractivity contribution in [3.63, 3.8) is 0 Å². The van der Waals surface area contributed by atoms with Gasteiger partial charge in [-0.1, -0.05) is 31.2 Å². The number of carbonyl (C=O) groups excluding carboxylic acids is 1. The first-order chi connectivity index (χ1) is 14.2. The number of hydrogen-bond donors (Lipinski definition) is 1. The summed E-state index contributed by atoms with van der Waals surface area (Å²) in [5.41, 5.74) is 4.27. The number of rotatable bonds is 5. The van der Waals surface area contributed by atoms with E-state index in [4.69, 9.17) is 4.74 Å². The normalized spacial score (nSPS) is 15.7. The molecule has 1 aromatic heterocycles. The van der Waals surface area contributed by atoms with E-state index in [0.29, 0.717) is 13.2 Å². The Morgan fingerprint density at radius 1 is 1.03 bits per heavy atom. The van der Waals surface area contributed by atoms with E-state index < -0.39 is 0 Å². The Hall–Kier alpha value is -3.21. The van der Waals surface area contributed by atoms with Crippen molar-refractivity contribution in [2.75, 3.05) is 18.5 Å². The number of hydrogen-bond acceptors (Lipinski definition) is 2. The molecule has 0 spiro atoms. The Morgan fingerprint density at radius 2 is 1.79 bits per heavy atom. The second-order valence-electron chi connectivity index (χ2n) is 7.21. The molecule has 5 nitrogen and oxygen atoms in total. The average Bonchev–Trinajstić information content (AvgIpc) is 3.23. The lowest BCUT2D eigenvalue weighted by Crippen LogP contribution is -2.44. The summed E-state index contributed by atoms with van der Waals surface area (Å²) in [6.45, 7) is 6.17. The fraction of sp³-hybridized carbons (Fsp3) is 0.292. The van der Waals surface area contributed by atoms with Gasteiger partial charge in [-0.25, -0.2) is 4.79 Å². The standard InChI is InChI=1S/C24H27N3O2/c1-3-18-7-11-20(12-8-18)25-24(28)27-17-16-26-15-5-6-22(26)23(27)19-9-13-21(14-10-19)29-4-2/h5-15,23H,3-4,16-17H2,1-2H3,(H,25,28)/t23-/m0/s1. The number of urea groups is 1. The average molecular weight is 389 g/mol. The summed E-state index contributed by atoms with van der Waals surface area (Å²) in [6.07, 6.45) is 3.06. The van der Waals surface area contributed by atoms with Crippen LogP contribution in [0.5, 0.6) is 5.75 Å². The van der Waals surface area contributed by atoms with Gasteiger partial charge >= 0.3 is 6.03 Å². The summed E-state index contributed by atoms with van der Waals surface area (Å²) in [4.78, 5) is 15.1. The van der Waals surface area contributed by atoms with Gasteiger partial charge in [0.15, 0.2) is 0 Å². The quantitative estimate of drug-likeness (QED) is 0.661. The van der Waals surface area contributed by atoms with E-state index in [1.807, 2.05) is 42.2 Å². The highest BCUT2D eigenvalue weighted by molar-refractivity contribution is 5.90. The molecule has 2 amide bonds. The van der Waals surface area contributed by atoms with Crippen LogP contribution in [0.3, 0.4) is 0 Å². The second kappa shape index (κ2) is 8.43. The fourth-order valence-corrected chi connectivity index (χ4v) is 3.88. The Labute approximate surface area is 171 Å². The van der Waals surface area contributed by atoms with Gasteiger partial charge in [0.1, 0.15) is 5.75 Å². The maximum Gasteiger partial charge on any atom is 0.322 e. The third-order valence-electron chi connectivity index (χ3n) is 5.42. The number of nitrogens with one attached hydrogen (secondary N) is 1. The van der Waals surface area contributed by atoms with Gasteiger partial charge in [-0.2, -0.15) is 0 Å². The predicted octanol–water partition coefficient (Wildman–Crippen LogP) is 5.09. The van der Waals surface area contributed by atoms with Crippen molar-refractivity contribution in [1.29, 1.82) is 0 Å². The number of amides is 2. The van der Waals surface area contributed by atoms with E-state index in [1.165, 1.54) is 5.56 Å². The van der Waals surface area contributed by atoms with Gasteiger partial charge in [0.25, 0.3) is 0 Å². The molecule has 29 heavy (non-hydrogen) atoms. The van der Waals surface area contributed by atoms with Crippen LogP contribution < -0.4 is 10.1 Å². The van der Waals surface area contributed by atoms with Crippen molar-refractivity contribution < 1.29 is 9.53 Å². The molecule has 3 aromatic rings. The van der Waals surface area contributed by atoms with Crippen LogP contribution in [0.15, 0.2) is 66.9 Å². The molecule has 1 atom stereocenters. The Kier molecular flexibility index (Phi) is 5.56. The minimum Gasteiger partial charge on any atom is -0.494 e. The zero-order valence-electron chi connectivity index (χ0n) is 17.0. The van der Waals surface area contributed by atoms with Gasteiger partial charge in [-0.15, -0.1) is 0 Å². The summed E-state index contributed by atoms with van der Waals surface area (Å²) in [5, 5.41) is 3.07. The zero-order valence-corrected chi connectivity index (χ0v) is 17.0. The molecule has 0 saturated heterocycles. The number of aromatic nitrogens is 1. The molecule has 4 rings (SSSR count). The maximum absolute atomic E-state index is 13.2. The highest BCUT2D eigenvalue weighted by Gasteiger charge is 2.32. The third kappa shape index (κ3) is 3.99. The summed E-state index contributed by atoms with van der Waals surface area (Å²) >= 11 is 0.